The fourth-order valence-electron chi connectivity index (χ4n) is 3.64. The number of nitrogens with zero attached hydrogens (tertiary/aromatic N) is 1. The molecule has 6 nitrogen and oxygen atoms in total. The summed E-state index contributed by atoms with van der Waals surface area (Å²) in [6.07, 6.45) is 1.94. The van der Waals surface area contributed by atoms with Crippen molar-refractivity contribution in [1.82, 2.24) is 10.2 Å². The number of carbonyl (C=O) groups excluding carboxylic acids is 1. The molecule has 2 atom stereocenters. The number of aliphatic hydroxyl groups is 1. The smallest absolute Gasteiger partial charge is 0.237 e. The van der Waals surface area contributed by atoms with Gasteiger partial charge in [0, 0.05) is 32.3 Å². The van der Waals surface area contributed by atoms with Gasteiger partial charge in [-0.3, -0.25) is 9.69 Å². The van der Waals surface area contributed by atoms with Crippen molar-refractivity contribution in [1.29, 1.82) is 0 Å². The lowest BCUT2D eigenvalue weighted by atomic mass is 10.1. The fourth-order valence-corrected chi connectivity index (χ4v) is 3.64. The van der Waals surface area contributed by atoms with E-state index in [4.69, 9.17) is 9.47 Å². The maximum Gasteiger partial charge on any atom is 0.237 e. The Labute approximate surface area is 149 Å². The SMILES string of the molecule is O=C(NCCOCc1ccccc1)[C@@H]1C[C@@H](O)CN1C1CCOCC1. The van der Waals surface area contributed by atoms with Crippen LogP contribution in [0.5, 0.6) is 0 Å². The highest BCUT2D eigenvalue weighted by Crippen LogP contribution is 2.25. The molecule has 3 rings (SSSR count). The highest BCUT2D eigenvalue weighted by atomic mass is 16.5. The van der Waals surface area contributed by atoms with Gasteiger partial charge in [-0.05, 0) is 24.8 Å². The van der Waals surface area contributed by atoms with Gasteiger partial charge in [0.2, 0.25) is 5.91 Å². The summed E-state index contributed by atoms with van der Waals surface area (Å²) in [6, 6.07) is 10.1. The van der Waals surface area contributed by atoms with Gasteiger partial charge in [-0.25, -0.2) is 0 Å². The number of benzene rings is 1. The second kappa shape index (κ2) is 9.29. The maximum atomic E-state index is 12.5. The summed E-state index contributed by atoms with van der Waals surface area (Å²) in [6.45, 7) is 3.56. The second-order valence-electron chi connectivity index (χ2n) is 6.77. The Hall–Kier alpha value is -1.47. The highest BCUT2D eigenvalue weighted by Gasteiger charge is 2.39. The van der Waals surface area contributed by atoms with E-state index in [1.54, 1.807) is 0 Å². The number of rotatable bonds is 7. The van der Waals surface area contributed by atoms with Crippen LogP contribution in [0.2, 0.25) is 0 Å². The lowest BCUT2D eigenvalue weighted by Gasteiger charge is -2.34. The molecule has 0 aromatic heterocycles. The van der Waals surface area contributed by atoms with Gasteiger partial charge in [-0.2, -0.15) is 0 Å². The van der Waals surface area contributed by atoms with E-state index in [1.807, 2.05) is 30.3 Å². The number of hydrogen-bond donors (Lipinski definition) is 2. The van der Waals surface area contributed by atoms with Crippen LogP contribution in [0, 0.1) is 0 Å². The van der Waals surface area contributed by atoms with Gasteiger partial charge < -0.3 is 19.9 Å². The molecule has 1 aromatic carbocycles. The molecule has 2 heterocycles. The topological polar surface area (TPSA) is 71.0 Å². The number of ether oxygens (including phenoxy) is 2. The van der Waals surface area contributed by atoms with Crippen LogP contribution in [0.1, 0.15) is 24.8 Å². The van der Waals surface area contributed by atoms with E-state index in [0.717, 1.165) is 31.6 Å². The first-order valence-corrected chi connectivity index (χ1v) is 9.15. The Kier molecular flexibility index (Phi) is 6.81. The van der Waals surface area contributed by atoms with E-state index >= 15 is 0 Å². The van der Waals surface area contributed by atoms with Crippen molar-refractivity contribution in [3.8, 4) is 0 Å². The standard InChI is InChI=1S/C19H28N2O4/c22-17-12-18(21(13-17)16-6-9-24-10-7-16)19(23)20-8-11-25-14-15-4-2-1-3-5-15/h1-5,16-18,22H,6-14H2,(H,20,23)/t17-,18+/m1/s1. The van der Waals surface area contributed by atoms with Gasteiger partial charge in [0.15, 0.2) is 0 Å². The van der Waals surface area contributed by atoms with Gasteiger partial charge in [-0.15, -0.1) is 0 Å². The van der Waals surface area contributed by atoms with Crippen LogP contribution in [0.25, 0.3) is 0 Å². The number of hydrogen-bond acceptors (Lipinski definition) is 5. The molecular formula is C19H28N2O4. The first kappa shape index (κ1) is 18.3. The van der Waals surface area contributed by atoms with Crippen LogP contribution in [0.3, 0.4) is 0 Å². The molecule has 25 heavy (non-hydrogen) atoms. The van der Waals surface area contributed by atoms with Crippen LogP contribution in [0.15, 0.2) is 30.3 Å². The van der Waals surface area contributed by atoms with Gasteiger partial charge in [-0.1, -0.05) is 30.3 Å². The molecular weight excluding hydrogens is 320 g/mol. The normalized spacial score (nSPS) is 25.2. The van der Waals surface area contributed by atoms with Gasteiger partial charge in [0.25, 0.3) is 0 Å². The maximum absolute atomic E-state index is 12.5. The number of carbonyl (C=O) groups is 1. The van der Waals surface area contributed by atoms with Crippen molar-refractivity contribution in [2.75, 3.05) is 32.9 Å². The molecule has 2 aliphatic rings. The molecule has 2 N–H and O–H groups in total. The zero-order valence-corrected chi connectivity index (χ0v) is 14.6. The van der Waals surface area contributed by atoms with E-state index in [-0.39, 0.29) is 11.9 Å². The fraction of sp³-hybridized carbons (Fsp3) is 0.632. The number of β-amino-alcohol motifs (C(OH)–C–C–N with tert-alkyl or cyclic N) is 1. The average molecular weight is 348 g/mol. The van der Waals surface area contributed by atoms with Crippen LogP contribution >= 0.6 is 0 Å². The summed E-state index contributed by atoms with van der Waals surface area (Å²) >= 11 is 0. The summed E-state index contributed by atoms with van der Waals surface area (Å²) in [4.78, 5) is 14.7. The number of nitrogens with one attached hydrogen (secondary N) is 1. The molecule has 0 bridgehead atoms. The molecule has 138 valence electrons. The Balaban J connectivity index is 1.40. The summed E-state index contributed by atoms with van der Waals surface area (Å²) < 4.78 is 11.0. The molecule has 2 aliphatic heterocycles. The summed E-state index contributed by atoms with van der Waals surface area (Å²) in [5.41, 5.74) is 1.12. The van der Waals surface area contributed by atoms with Crippen molar-refractivity contribution in [3.05, 3.63) is 35.9 Å². The molecule has 0 radical (unpaired) electrons. The summed E-state index contributed by atoms with van der Waals surface area (Å²) in [7, 11) is 0. The first-order valence-electron chi connectivity index (χ1n) is 9.15. The Morgan fingerprint density at radius 2 is 2.04 bits per heavy atom. The molecule has 0 unspecified atom stereocenters. The average Bonchev–Trinajstić information content (AvgIpc) is 3.05. The van der Waals surface area contributed by atoms with Crippen molar-refractivity contribution >= 4 is 5.91 Å². The van der Waals surface area contributed by atoms with Crippen molar-refractivity contribution in [2.45, 2.75) is 44.1 Å². The highest BCUT2D eigenvalue weighted by molar-refractivity contribution is 5.82. The van der Waals surface area contributed by atoms with Gasteiger partial charge >= 0.3 is 0 Å². The third-order valence-corrected chi connectivity index (χ3v) is 4.94. The monoisotopic (exact) mass is 348 g/mol. The van der Waals surface area contributed by atoms with Crippen LogP contribution in [-0.2, 0) is 20.9 Å². The Morgan fingerprint density at radius 3 is 2.80 bits per heavy atom. The lowest BCUT2D eigenvalue weighted by Crippen LogP contribution is -2.49. The number of aliphatic hydroxyl groups excluding tert-OH is 1. The minimum atomic E-state index is -0.423. The second-order valence-corrected chi connectivity index (χ2v) is 6.77. The molecule has 6 heteroatoms. The minimum absolute atomic E-state index is 0.00801. The van der Waals surface area contributed by atoms with E-state index in [9.17, 15) is 9.90 Å². The molecule has 0 aliphatic carbocycles. The van der Waals surface area contributed by atoms with Crippen LogP contribution < -0.4 is 5.32 Å². The quantitative estimate of drug-likeness (QED) is 0.718. The number of likely N-dealkylation sites (tertiary alicyclic amines) is 1. The molecule has 2 fully saturated rings. The Bertz CT molecular complexity index is 533. The zero-order chi connectivity index (χ0) is 17.5. The third-order valence-electron chi connectivity index (χ3n) is 4.94. The molecule has 2 saturated heterocycles. The summed E-state index contributed by atoms with van der Waals surface area (Å²) in [5, 5.41) is 13.0. The van der Waals surface area contributed by atoms with Crippen molar-refractivity contribution < 1.29 is 19.4 Å². The lowest BCUT2D eigenvalue weighted by molar-refractivity contribution is -0.127. The van der Waals surface area contributed by atoms with Crippen molar-refractivity contribution in [3.63, 3.8) is 0 Å². The van der Waals surface area contributed by atoms with E-state index < -0.39 is 6.10 Å². The molecule has 1 amide bonds. The van der Waals surface area contributed by atoms with Crippen LogP contribution in [-0.4, -0.2) is 67.0 Å². The minimum Gasteiger partial charge on any atom is -0.392 e. The molecule has 1 aromatic rings. The van der Waals surface area contributed by atoms with Gasteiger partial charge in [0.05, 0.1) is 25.4 Å². The van der Waals surface area contributed by atoms with Crippen LogP contribution in [0.4, 0.5) is 0 Å². The largest absolute Gasteiger partial charge is 0.392 e. The van der Waals surface area contributed by atoms with E-state index in [0.29, 0.717) is 38.8 Å². The van der Waals surface area contributed by atoms with E-state index in [2.05, 4.69) is 10.2 Å². The van der Waals surface area contributed by atoms with E-state index in [1.165, 1.54) is 0 Å². The predicted molar refractivity (Wildman–Crippen MR) is 94.1 cm³/mol. The Morgan fingerprint density at radius 1 is 1.28 bits per heavy atom. The van der Waals surface area contributed by atoms with Gasteiger partial charge in [0.1, 0.15) is 0 Å². The first-order chi connectivity index (χ1) is 12.2. The predicted octanol–water partition coefficient (Wildman–Crippen LogP) is 0.934. The molecule has 0 saturated carbocycles. The number of amides is 1. The summed E-state index contributed by atoms with van der Waals surface area (Å²) in [5.74, 6) is -0.00801. The zero-order valence-electron chi connectivity index (χ0n) is 14.6. The van der Waals surface area contributed by atoms with Crippen molar-refractivity contribution in [2.24, 2.45) is 0 Å². The third kappa shape index (κ3) is 5.25. The molecule has 0 spiro atoms.